The summed E-state index contributed by atoms with van der Waals surface area (Å²) >= 11 is 7.13. The van der Waals surface area contributed by atoms with E-state index in [1.165, 1.54) is 18.3 Å². The van der Waals surface area contributed by atoms with E-state index in [2.05, 4.69) is 10.1 Å². The Morgan fingerprint density at radius 3 is 3.00 bits per heavy atom. The van der Waals surface area contributed by atoms with E-state index in [0.717, 1.165) is 4.88 Å². The predicted molar refractivity (Wildman–Crippen MR) is 57.0 cm³/mol. The fourth-order valence-electron chi connectivity index (χ4n) is 1.08. The quantitative estimate of drug-likeness (QED) is 0.830. The summed E-state index contributed by atoms with van der Waals surface area (Å²) in [5.74, 6) is 0.816. The van der Waals surface area contributed by atoms with E-state index in [0.29, 0.717) is 16.1 Å². The van der Waals surface area contributed by atoms with Crippen molar-refractivity contribution in [3.8, 4) is 10.8 Å². The van der Waals surface area contributed by atoms with Gasteiger partial charge in [-0.2, -0.15) is 4.98 Å². The Balaban J connectivity index is 2.23. The fraction of sp³-hybridized carbons (Fsp3) is 0.222. The lowest BCUT2D eigenvalue weighted by atomic mass is 10.3. The van der Waals surface area contributed by atoms with Crippen LogP contribution in [0.3, 0.4) is 0 Å². The minimum absolute atomic E-state index is 0.00608. The second-order valence-corrected chi connectivity index (χ2v) is 4.71. The van der Waals surface area contributed by atoms with Crippen LogP contribution in [0.25, 0.3) is 10.8 Å². The predicted octanol–water partition coefficient (Wildman–Crippen LogP) is 2.58. The largest absolute Gasteiger partial charge is 0.333 e. The molecule has 78 valence electrons. The molecule has 0 fully saturated rings. The minimum Gasteiger partial charge on any atom is -0.333 e. The molecule has 0 aromatic carbocycles. The lowest BCUT2D eigenvalue weighted by molar-refractivity contribution is -0.116. The molecule has 4 nitrogen and oxygen atoms in total. The molecule has 0 aliphatic rings. The van der Waals surface area contributed by atoms with Gasteiger partial charge in [-0.15, -0.1) is 11.3 Å². The van der Waals surface area contributed by atoms with Crippen LogP contribution in [0.2, 0.25) is 4.34 Å². The molecular formula is C9H7ClN2O2S. The molecule has 0 aliphatic carbocycles. The molecule has 0 N–H and O–H groups in total. The standard InChI is InChI=1S/C9H7ClN2O2S/c1-5(13)4-8-11-9(14-12-8)6-2-3-7(10)15-6/h2-3H,4H2,1H3. The summed E-state index contributed by atoms with van der Waals surface area (Å²) in [5, 5.41) is 3.70. The van der Waals surface area contributed by atoms with Crippen LogP contribution in [0, 0.1) is 0 Å². The van der Waals surface area contributed by atoms with Crippen molar-refractivity contribution in [1.82, 2.24) is 10.1 Å². The van der Waals surface area contributed by atoms with Crippen molar-refractivity contribution in [1.29, 1.82) is 0 Å². The van der Waals surface area contributed by atoms with Crippen LogP contribution in [0.1, 0.15) is 12.7 Å². The van der Waals surface area contributed by atoms with Gasteiger partial charge in [-0.1, -0.05) is 16.8 Å². The molecular weight excluding hydrogens is 236 g/mol. The summed E-state index contributed by atoms with van der Waals surface area (Å²) in [5.41, 5.74) is 0. The third kappa shape index (κ3) is 2.43. The first-order chi connectivity index (χ1) is 7.15. The first-order valence-corrected chi connectivity index (χ1v) is 5.42. The van der Waals surface area contributed by atoms with Gasteiger partial charge in [-0.05, 0) is 19.1 Å². The SMILES string of the molecule is CC(=O)Cc1noc(-c2ccc(Cl)s2)n1. The van der Waals surface area contributed by atoms with E-state index in [-0.39, 0.29) is 12.2 Å². The molecule has 0 saturated carbocycles. The summed E-state index contributed by atoms with van der Waals surface area (Å²) in [7, 11) is 0. The number of ketones is 1. The average Bonchev–Trinajstić information content (AvgIpc) is 2.72. The van der Waals surface area contributed by atoms with E-state index in [1.807, 2.05) is 0 Å². The number of rotatable bonds is 3. The summed E-state index contributed by atoms with van der Waals surface area (Å²) in [6.45, 7) is 1.48. The van der Waals surface area contributed by atoms with Crippen LogP contribution >= 0.6 is 22.9 Å². The highest BCUT2D eigenvalue weighted by Gasteiger charge is 2.11. The van der Waals surface area contributed by atoms with Crippen LogP contribution in [0.5, 0.6) is 0 Å². The zero-order chi connectivity index (χ0) is 10.8. The molecule has 15 heavy (non-hydrogen) atoms. The van der Waals surface area contributed by atoms with E-state index in [1.54, 1.807) is 12.1 Å². The van der Waals surface area contributed by atoms with Gasteiger partial charge in [0.1, 0.15) is 5.78 Å². The minimum atomic E-state index is 0.00608. The molecule has 0 bridgehead atoms. The van der Waals surface area contributed by atoms with Crippen molar-refractivity contribution in [2.75, 3.05) is 0 Å². The molecule has 6 heteroatoms. The van der Waals surface area contributed by atoms with Gasteiger partial charge in [0.05, 0.1) is 15.6 Å². The van der Waals surface area contributed by atoms with Crippen molar-refractivity contribution in [2.45, 2.75) is 13.3 Å². The smallest absolute Gasteiger partial charge is 0.268 e. The lowest BCUT2D eigenvalue weighted by Gasteiger charge is -1.84. The second kappa shape index (κ2) is 4.12. The van der Waals surface area contributed by atoms with Crippen molar-refractivity contribution < 1.29 is 9.32 Å². The van der Waals surface area contributed by atoms with Crippen LogP contribution in [-0.4, -0.2) is 15.9 Å². The summed E-state index contributed by atoms with van der Waals surface area (Å²) in [4.78, 5) is 15.7. The number of carbonyl (C=O) groups is 1. The second-order valence-electron chi connectivity index (χ2n) is 3.00. The van der Waals surface area contributed by atoms with E-state index >= 15 is 0 Å². The number of hydrogen-bond acceptors (Lipinski definition) is 5. The van der Waals surface area contributed by atoms with Gasteiger partial charge in [0.2, 0.25) is 0 Å². The van der Waals surface area contributed by atoms with Crippen LogP contribution in [-0.2, 0) is 11.2 Å². The third-order valence-corrected chi connectivity index (χ3v) is 2.88. The van der Waals surface area contributed by atoms with Crippen LogP contribution < -0.4 is 0 Å². The maximum atomic E-state index is 10.8. The van der Waals surface area contributed by atoms with Gasteiger partial charge in [-0.25, -0.2) is 0 Å². The molecule has 2 aromatic rings. The average molecular weight is 243 g/mol. The van der Waals surface area contributed by atoms with E-state index in [4.69, 9.17) is 16.1 Å². The summed E-state index contributed by atoms with van der Waals surface area (Å²) < 4.78 is 5.67. The van der Waals surface area contributed by atoms with Crippen LogP contribution in [0.15, 0.2) is 16.7 Å². The molecule has 0 saturated heterocycles. The highest BCUT2D eigenvalue weighted by molar-refractivity contribution is 7.19. The van der Waals surface area contributed by atoms with Crippen molar-refractivity contribution in [3.05, 3.63) is 22.3 Å². The summed E-state index contributed by atoms with van der Waals surface area (Å²) in [6, 6.07) is 3.56. The van der Waals surface area contributed by atoms with Crippen molar-refractivity contribution in [2.24, 2.45) is 0 Å². The number of thiophene rings is 1. The molecule has 0 atom stereocenters. The van der Waals surface area contributed by atoms with Gasteiger partial charge < -0.3 is 4.52 Å². The molecule has 0 aliphatic heterocycles. The normalized spacial score (nSPS) is 10.5. The number of halogens is 1. The highest BCUT2D eigenvalue weighted by Crippen LogP contribution is 2.29. The number of carbonyl (C=O) groups excluding carboxylic acids is 1. The fourth-order valence-corrected chi connectivity index (χ4v) is 2.04. The number of hydrogen-bond donors (Lipinski definition) is 0. The maximum Gasteiger partial charge on any atom is 0.268 e. The van der Waals surface area contributed by atoms with Gasteiger partial charge in [0, 0.05) is 0 Å². The Morgan fingerprint density at radius 1 is 1.60 bits per heavy atom. The van der Waals surface area contributed by atoms with E-state index in [9.17, 15) is 4.79 Å². The number of aromatic nitrogens is 2. The molecule has 0 radical (unpaired) electrons. The Bertz CT molecular complexity index is 492. The molecule has 0 spiro atoms. The number of nitrogens with zero attached hydrogens (tertiary/aromatic N) is 2. The Morgan fingerprint density at radius 2 is 2.40 bits per heavy atom. The third-order valence-electron chi connectivity index (χ3n) is 1.66. The van der Waals surface area contributed by atoms with Crippen molar-refractivity contribution in [3.63, 3.8) is 0 Å². The highest BCUT2D eigenvalue weighted by atomic mass is 35.5. The maximum absolute atomic E-state index is 10.8. The van der Waals surface area contributed by atoms with Gasteiger partial charge >= 0.3 is 0 Å². The molecule has 0 unspecified atom stereocenters. The van der Waals surface area contributed by atoms with Crippen LogP contribution in [0.4, 0.5) is 0 Å². The zero-order valence-corrected chi connectivity index (χ0v) is 9.43. The number of Topliss-reactive ketones (excluding diaryl/α,β-unsaturated/α-hetero) is 1. The molecule has 2 aromatic heterocycles. The first-order valence-electron chi connectivity index (χ1n) is 4.23. The Labute approximate surface area is 94.9 Å². The topological polar surface area (TPSA) is 56.0 Å². The molecule has 2 rings (SSSR count). The van der Waals surface area contributed by atoms with Gasteiger partial charge in [0.25, 0.3) is 5.89 Å². The van der Waals surface area contributed by atoms with Gasteiger partial charge in [-0.3, -0.25) is 4.79 Å². The molecule has 0 amide bonds. The lowest BCUT2D eigenvalue weighted by Crippen LogP contribution is -1.97. The Kier molecular flexibility index (Phi) is 2.83. The molecule has 2 heterocycles. The van der Waals surface area contributed by atoms with Gasteiger partial charge in [0.15, 0.2) is 5.82 Å². The van der Waals surface area contributed by atoms with Crippen molar-refractivity contribution >= 4 is 28.7 Å². The first kappa shape index (κ1) is 10.3. The van der Waals surface area contributed by atoms with E-state index < -0.39 is 0 Å². The Hall–Kier alpha value is -1.20. The monoisotopic (exact) mass is 242 g/mol. The summed E-state index contributed by atoms with van der Waals surface area (Å²) in [6.07, 6.45) is 0.197. The zero-order valence-electron chi connectivity index (χ0n) is 7.86.